The van der Waals surface area contributed by atoms with Crippen LogP contribution < -0.4 is 4.57 Å². The van der Waals surface area contributed by atoms with Gasteiger partial charge in [-0.05, 0) is 84.7 Å². The lowest BCUT2D eigenvalue weighted by molar-refractivity contribution is -0.665. The first-order chi connectivity index (χ1) is 13.8. The Morgan fingerprint density at radius 3 is 2.38 bits per heavy atom. The van der Waals surface area contributed by atoms with Gasteiger partial charge in [0, 0.05) is 13.0 Å². The summed E-state index contributed by atoms with van der Waals surface area (Å²) in [6.45, 7) is 11.4. The molecule has 1 heteroatoms. The van der Waals surface area contributed by atoms with Gasteiger partial charge in [-0.1, -0.05) is 44.9 Å². The molecule has 1 heterocycles. The first-order valence-corrected chi connectivity index (χ1v) is 11.4. The minimum atomic E-state index is 0.681. The summed E-state index contributed by atoms with van der Waals surface area (Å²) in [4.78, 5) is 0. The molecule has 152 valence electrons. The van der Waals surface area contributed by atoms with Gasteiger partial charge in [0.25, 0.3) is 0 Å². The zero-order valence-electron chi connectivity index (χ0n) is 19.1. The molecule has 4 rings (SSSR count). The Morgan fingerprint density at radius 2 is 1.69 bits per heavy atom. The van der Waals surface area contributed by atoms with E-state index in [1.54, 1.807) is 5.56 Å². The number of benzene rings is 2. The van der Waals surface area contributed by atoms with E-state index in [0.717, 1.165) is 12.3 Å². The van der Waals surface area contributed by atoms with E-state index in [1.807, 2.05) is 0 Å². The van der Waals surface area contributed by atoms with Crippen LogP contribution in [0, 0.1) is 26.7 Å². The molecule has 0 amide bonds. The highest BCUT2D eigenvalue weighted by atomic mass is 14.9. The van der Waals surface area contributed by atoms with Gasteiger partial charge in [0.05, 0.1) is 10.9 Å². The van der Waals surface area contributed by atoms with Crippen molar-refractivity contribution in [3.05, 3.63) is 64.3 Å². The predicted molar refractivity (Wildman–Crippen MR) is 125 cm³/mol. The van der Waals surface area contributed by atoms with Gasteiger partial charge in [0.2, 0.25) is 5.69 Å². The highest BCUT2D eigenvalue weighted by Crippen LogP contribution is 2.38. The minimum absolute atomic E-state index is 0.681. The fourth-order valence-electron chi connectivity index (χ4n) is 5.18. The summed E-state index contributed by atoms with van der Waals surface area (Å²) in [6.07, 6.45) is 6.60. The molecule has 2 aromatic carbocycles. The van der Waals surface area contributed by atoms with E-state index in [-0.39, 0.29) is 0 Å². The van der Waals surface area contributed by atoms with Crippen LogP contribution in [0.2, 0.25) is 0 Å². The van der Waals surface area contributed by atoms with E-state index in [0.29, 0.717) is 5.92 Å². The van der Waals surface area contributed by atoms with Gasteiger partial charge in [-0.25, -0.2) is 0 Å². The molecule has 1 fully saturated rings. The van der Waals surface area contributed by atoms with Crippen LogP contribution in [0.3, 0.4) is 0 Å². The first kappa shape index (κ1) is 20.1. The third-order valence-electron chi connectivity index (χ3n) is 7.02. The summed E-state index contributed by atoms with van der Waals surface area (Å²) >= 11 is 0. The Labute approximate surface area is 176 Å². The van der Waals surface area contributed by atoms with E-state index in [9.17, 15) is 0 Å². The number of hydrogen-bond acceptors (Lipinski definition) is 0. The van der Waals surface area contributed by atoms with E-state index in [1.165, 1.54) is 70.1 Å². The van der Waals surface area contributed by atoms with Crippen LogP contribution in [0.15, 0.2) is 36.4 Å². The third kappa shape index (κ3) is 3.84. The van der Waals surface area contributed by atoms with Crippen molar-refractivity contribution in [3.63, 3.8) is 0 Å². The standard InChI is InChI=1S/C28H36N/c1-18(2)13-22-11-12-26-25(16-22)15-20(4)29(6)28(26)27-17-24(14-19(3)21(27)5)23-9-7-8-10-23/h11-12,14-18,23H,7-10,13H2,1-6H3/q+1. The van der Waals surface area contributed by atoms with Gasteiger partial charge >= 0.3 is 0 Å². The van der Waals surface area contributed by atoms with Gasteiger partial charge in [-0.15, -0.1) is 0 Å². The molecule has 3 aromatic rings. The summed E-state index contributed by atoms with van der Waals surface area (Å²) in [7, 11) is 2.23. The predicted octanol–water partition coefficient (Wildman–Crippen LogP) is 7.11. The molecular weight excluding hydrogens is 350 g/mol. The summed E-state index contributed by atoms with van der Waals surface area (Å²) in [5.74, 6) is 1.42. The van der Waals surface area contributed by atoms with Crippen molar-refractivity contribution >= 4 is 10.8 Å². The molecule has 0 aliphatic heterocycles. The van der Waals surface area contributed by atoms with Crippen molar-refractivity contribution in [1.29, 1.82) is 0 Å². The number of pyridine rings is 1. The Kier molecular flexibility index (Phi) is 5.51. The molecule has 0 spiro atoms. The molecule has 0 saturated heterocycles. The number of nitrogens with zero attached hydrogens (tertiary/aromatic N) is 1. The zero-order chi connectivity index (χ0) is 20.7. The lowest BCUT2D eigenvalue weighted by atomic mass is 9.88. The second-order valence-corrected chi connectivity index (χ2v) is 9.70. The molecule has 1 saturated carbocycles. The third-order valence-corrected chi connectivity index (χ3v) is 7.02. The van der Waals surface area contributed by atoms with E-state index in [4.69, 9.17) is 0 Å². The van der Waals surface area contributed by atoms with Crippen LogP contribution in [0.4, 0.5) is 0 Å². The van der Waals surface area contributed by atoms with Gasteiger partial charge in [0.1, 0.15) is 7.05 Å². The minimum Gasteiger partial charge on any atom is -0.198 e. The van der Waals surface area contributed by atoms with Gasteiger partial charge in [0.15, 0.2) is 5.69 Å². The van der Waals surface area contributed by atoms with Crippen LogP contribution in [0.25, 0.3) is 22.0 Å². The van der Waals surface area contributed by atoms with Crippen LogP contribution in [-0.4, -0.2) is 0 Å². The van der Waals surface area contributed by atoms with Crippen LogP contribution in [0.1, 0.15) is 73.4 Å². The molecule has 0 atom stereocenters. The van der Waals surface area contributed by atoms with Gasteiger partial charge < -0.3 is 0 Å². The fourth-order valence-corrected chi connectivity index (χ4v) is 5.18. The summed E-state index contributed by atoms with van der Waals surface area (Å²) in [6, 6.07) is 14.4. The monoisotopic (exact) mass is 386 g/mol. The van der Waals surface area contributed by atoms with Crippen molar-refractivity contribution in [2.45, 2.75) is 72.6 Å². The van der Waals surface area contributed by atoms with Crippen LogP contribution >= 0.6 is 0 Å². The molecule has 1 aliphatic rings. The number of aromatic nitrogens is 1. The van der Waals surface area contributed by atoms with Crippen molar-refractivity contribution in [2.24, 2.45) is 13.0 Å². The Morgan fingerprint density at radius 1 is 0.966 bits per heavy atom. The first-order valence-electron chi connectivity index (χ1n) is 11.4. The quantitative estimate of drug-likeness (QED) is 0.421. The largest absolute Gasteiger partial charge is 0.220 e. The molecule has 1 aromatic heterocycles. The highest BCUT2D eigenvalue weighted by Gasteiger charge is 2.24. The summed E-state index contributed by atoms with van der Waals surface area (Å²) < 4.78 is 2.39. The smallest absolute Gasteiger partial charge is 0.198 e. The topological polar surface area (TPSA) is 3.88 Å². The maximum Gasteiger partial charge on any atom is 0.220 e. The van der Waals surface area contributed by atoms with Crippen LogP contribution in [-0.2, 0) is 13.5 Å². The fraction of sp³-hybridized carbons (Fsp3) is 0.464. The number of rotatable bonds is 4. The molecular formula is C28H36N+. The summed E-state index contributed by atoms with van der Waals surface area (Å²) in [5.41, 5.74) is 9.94. The molecule has 0 bridgehead atoms. The average Bonchev–Trinajstić information content (AvgIpc) is 3.20. The SMILES string of the molecule is Cc1cc(C2CCCC2)cc(-c2c3ccc(CC(C)C)cc3cc(C)[n+]2C)c1C. The maximum atomic E-state index is 2.51. The number of aryl methyl sites for hydroxylation is 2. The number of hydrogen-bond donors (Lipinski definition) is 0. The Balaban J connectivity index is 1.94. The van der Waals surface area contributed by atoms with Crippen molar-refractivity contribution < 1.29 is 4.57 Å². The molecule has 1 nitrogen and oxygen atoms in total. The highest BCUT2D eigenvalue weighted by molar-refractivity contribution is 5.94. The molecule has 0 unspecified atom stereocenters. The summed E-state index contributed by atoms with van der Waals surface area (Å²) in [5, 5.41) is 2.74. The zero-order valence-corrected chi connectivity index (χ0v) is 19.1. The molecule has 1 aliphatic carbocycles. The lowest BCUT2D eigenvalue weighted by Crippen LogP contribution is -2.35. The van der Waals surface area contributed by atoms with Crippen molar-refractivity contribution in [1.82, 2.24) is 0 Å². The maximum absolute atomic E-state index is 2.51. The van der Waals surface area contributed by atoms with E-state index >= 15 is 0 Å². The normalized spacial score (nSPS) is 15.0. The van der Waals surface area contributed by atoms with Crippen LogP contribution in [0.5, 0.6) is 0 Å². The lowest BCUT2D eigenvalue weighted by Gasteiger charge is -2.17. The second kappa shape index (κ2) is 7.94. The molecule has 29 heavy (non-hydrogen) atoms. The van der Waals surface area contributed by atoms with Crippen molar-refractivity contribution in [3.8, 4) is 11.3 Å². The Bertz CT molecular complexity index is 1050. The molecule has 0 radical (unpaired) electrons. The number of fused-ring (bicyclic) bond motifs is 1. The average molecular weight is 387 g/mol. The molecule has 0 N–H and O–H groups in total. The second-order valence-electron chi connectivity index (χ2n) is 9.70. The van der Waals surface area contributed by atoms with Gasteiger partial charge in [-0.3, -0.25) is 0 Å². The van der Waals surface area contributed by atoms with Gasteiger partial charge in [-0.2, -0.15) is 4.57 Å². The van der Waals surface area contributed by atoms with E-state index < -0.39 is 0 Å². The Hall–Kier alpha value is -2.15. The van der Waals surface area contributed by atoms with Crippen molar-refractivity contribution in [2.75, 3.05) is 0 Å². The van der Waals surface area contributed by atoms with E-state index in [2.05, 4.69) is 82.6 Å².